The van der Waals surface area contributed by atoms with Crippen molar-refractivity contribution in [3.8, 4) is 17.1 Å². The minimum atomic E-state index is -0.648. The van der Waals surface area contributed by atoms with Crippen LogP contribution >= 0.6 is 11.8 Å². The van der Waals surface area contributed by atoms with Crippen molar-refractivity contribution in [1.29, 1.82) is 0 Å². The van der Waals surface area contributed by atoms with Crippen LogP contribution in [0.1, 0.15) is 32.1 Å². The second-order valence-electron chi connectivity index (χ2n) is 6.19. The quantitative estimate of drug-likeness (QED) is 0.499. The molecule has 0 saturated heterocycles. The van der Waals surface area contributed by atoms with Gasteiger partial charge in [0.15, 0.2) is 0 Å². The molecule has 1 aliphatic rings. The molecule has 3 heterocycles. The Labute approximate surface area is 167 Å². The van der Waals surface area contributed by atoms with Gasteiger partial charge in [0, 0.05) is 17.7 Å². The van der Waals surface area contributed by atoms with Gasteiger partial charge in [0.1, 0.15) is 5.69 Å². The number of carbonyl (C=O) groups is 1. The van der Waals surface area contributed by atoms with Gasteiger partial charge in [-0.3, -0.25) is 9.78 Å². The summed E-state index contributed by atoms with van der Waals surface area (Å²) >= 11 is 1.39. The number of aromatic nitrogens is 4. The maximum absolute atomic E-state index is 13.0. The Hall–Kier alpha value is -3.00. The van der Waals surface area contributed by atoms with Crippen LogP contribution in [0.5, 0.6) is 5.88 Å². The van der Waals surface area contributed by atoms with Crippen LogP contribution in [0.2, 0.25) is 0 Å². The average molecular weight is 393 g/mol. The summed E-state index contributed by atoms with van der Waals surface area (Å²) in [6.45, 7) is 3.79. The zero-order valence-corrected chi connectivity index (χ0v) is 16.4. The van der Waals surface area contributed by atoms with Gasteiger partial charge in [-0.2, -0.15) is 0 Å². The Kier molecular flexibility index (Phi) is 4.95. The molecule has 0 fully saturated rings. The summed E-state index contributed by atoms with van der Waals surface area (Å²) in [4.78, 5) is 23.3. The van der Waals surface area contributed by atoms with Crippen molar-refractivity contribution in [3.05, 3.63) is 54.4 Å². The number of para-hydroxylation sites is 1. The van der Waals surface area contributed by atoms with E-state index < -0.39 is 6.17 Å². The third-order valence-corrected chi connectivity index (χ3v) is 5.23. The van der Waals surface area contributed by atoms with Crippen molar-refractivity contribution in [2.45, 2.75) is 31.6 Å². The molecule has 3 aromatic rings. The lowest BCUT2D eigenvalue weighted by atomic mass is 10.0. The van der Waals surface area contributed by atoms with Crippen molar-refractivity contribution in [1.82, 2.24) is 15.1 Å². The van der Waals surface area contributed by atoms with E-state index in [4.69, 9.17) is 0 Å². The SMILES string of the molecule is CCSc1nc([O-])c2[n+](n1)C(c1ccccn1)N(C(=O)CC)c1ccccc1-2. The molecular formula is C20H19N5O2S. The van der Waals surface area contributed by atoms with Crippen molar-refractivity contribution in [3.63, 3.8) is 0 Å². The number of amides is 1. The number of rotatable bonds is 4. The van der Waals surface area contributed by atoms with E-state index >= 15 is 0 Å². The number of carbonyl (C=O) groups excluding carboxylic acids is 1. The molecule has 1 aliphatic heterocycles. The van der Waals surface area contributed by atoms with Gasteiger partial charge in [0.05, 0.1) is 17.1 Å². The lowest BCUT2D eigenvalue weighted by molar-refractivity contribution is -0.764. The number of nitrogens with zero attached hydrogens (tertiary/aromatic N) is 5. The van der Waals surface area contributed by atoms with Gasteiger partial charge in [0.25, 0.3) is 10.9 Å². The smallest absolute Gasteiger partial charge is 0.309 e. The maximum Gasteiger partial charge on any atom is 0.309 e. The van der Waals surface area contributed by atoms with Crippen LogP contribution in [-0.4, -0.2) is 26.7 Å². The highest BCUT2D eigenvalue weighted by Crippen LogP contribution is 2.40. The zero-order chi connectivity index (χ0) is 19.7. The molecule has 0 spiro atoms. The van der Waals surface area contributed by atoms with Gasteiger partial charge in [0.2, 0.25) is 5.91 Å². The van der Waals surface area contributed by atoms with Crippen molar-refractivity contribution in [2.75, 3.05) is 10.7 Å². The zero-order valence-electron chi connectivity index (χ0n) is 15.6. The monoisotopic (exact) mass is 393 g/mol. The van der Waals surface area contributed by atoms with Gasteiger partial charge in [-0.1, -0.05) is 48.5 Å². The Morgan fingerprint density at radius 3 is 2.71 bits per heavy atom. The van der Waals surface area contributed by atoms with Crippen molar-refractivity contribution >= 4 is 23.4 Å². The molecule has 28 heavy (non-hydrogen) atoms. The Balaban J connectivity index is 2.05. The molecule has 0 aliphatic carbocycles. The summed E-state index contributed by atoms with van der Waals surface area (Å²) < 4.78 is 1.60. The summed E-state index contributed by atoms with van der Waals surface area (Å²) in [7, 11) is 0. The van der Waals surface area contributed by atoms with Crippen LogP contribution in [0.4, 0.5) is 5.69 Å². The predicted molar refractivity (Wildman–Crippen MR) is 104 cm³/mol. The van der Waals surface area contributed by atoms with Gasteiger partial charge >= 0.3 is 6.17 Å². The minimum Gasteiger partial charge on any atom is -0.854 e. The van der Waals surface area contributed by atoms with E-state index in [0.717, 1.165) is 5.75 Å². The minimum absolute atomic E-state index is 0.0722. The van der Waals surface area contributed by atoms with E-state index in [1.54, 1.807) is 15.8 Å². The Bertz CT molecular complexity index is 1030. The second-order valence-corrected chi connectivity index (χ2v) is 7.42. The van der Waals surface area contributed by atoms with Crippen LogP contribution in [0.15, 0.2) is 53.8 Å². The molecule has 1 aromatic carbocycles. The molecule has 1 amide bonds. The van der Waals surface area contributed by atoms with Crippen LogP contribution < -0.4 is 14.7 Å². The van der Waals surface area contributed by atoms with E-state index in [1.807, 2.05) is 56.3 Å². The van der Waals surface area contributed by atoms with E-state index in [1.165, 1.54) is 11.8 Å². The number of pyridine rings is 1. The lowest BCUT2D eigenvalue weighted by Crippen LogP contribution is -2.59. The molecule has 1 atom stereocenters. The van der Waals surface area contributed by atoms with Gasteiger partial charge < -0.3 is 5.11 Å². The van der Waals surface area contributed by atoms with Gasteiger partial charge in [-0.05, 0) is 30.0 Å². The molecule has 0 bridgehead atoms. The first-order valence-corrected chi connectivity index (χ1v) is 10.1. The molecular weight excluding hydrogens is 374 g/mol. The van der Waals surface area contributed by atoms with E-state index in [-0.39, 0.29) is 11.8 Å². The van der Waals surface area contributed by atoms with E-state index in [9.17, 15) is 9.90 Å². The second kappa shape index (κ2) is 7.55. The van der Waals surface area contributed by atoms with Crippen LogP contribution in [0.25, 0.3) is 11.3 Å². The molecule has 2 aromatic heterocycles. The molecule has 1 unspecified atom stereocenters. The van der Waals surface area contributed by atoms with E-state index in [0.29, 0.717) is 34.2 Å². The molecule has 0 saturated carbocycles. The number of benzene rings is 1. The van der Waals surface area contributed by atoms with Crippen molar-refractivity contribution in [2.24, 2.45) is 0 Å². The Morgan fingerprint density at radius 2 is 2.00 bits per heavy atom. The number of hydrogen-bond donors (Lipinski definition) is 0. The standard InChI is InChI=1S/C20H19N5O2S/c1-3-16(26)24-15-11-6-5-9-13(15)17-18(27)22-20(28-4-2)23-25(17)19(24)14-10-7-8-12-21-14/h5-12,19H,3-4H2,1-2H3. The summed E-state index contributed by atoms with van der Waals surface area (Å²) in [6, 6.07) is 12.9. The molecule has 0 N–H and O–H groups in total. The molecule has 8 heteroatoms. The van der Waals surface area contributed by atoms with Crippen molar-refractivity contribution < 1.29 is 14.6 Å². The number of hydrogen-bond acceptors (Lipinski definition) is 6. The number of thioether (sulfide) groups is 1. The first-order valence-electron chi connectivity index (χ1n) is 9.11. The molecule has 142 valence electrons. The van der Waals surface area contributed by atoms with E-state index in [2.05, 4.69) is 15.1 Å². The van der Waals surface area contributed by atoms with Crippen LogP contribution in [-0.2, 0) is 4.79 Å². The summed E-state index contributed by atoms with van der Waals surface area (Å²) in [5.74, 6) is 0.307. The largest absolute Gasteiger partial charge is 0.854 e. The third kappa shape index (κ3) is 2.99. The maximum atomic E-state index is 13.0. The lowest BCUT2D eigenvalue weighted by Gasteiger charge is -2.32. The van der Waals surface area contributed by atoms with Gasteiger partial charge in [-0.25, -0.2) is 9.88 Å². The highest BCUT2D eigenvalue weighted by molar-refractivity contribution is 7.99. The number of anilines is 1. The first-order chi connectivity index (χ1) is 13.7. The third-order valence-electron chi connectivity index (χ3n) is 4.51. The Morgan fingerprint density at radius 1 is 1.21 bits per heavy atom. The highest BCUT2D eigenvalue weighted by Gasteiger charge is 2.45. The first kappa shape index (κ1) is 18.4. The fourth-order valence-corrected chi connectivity index (χ4v) is 3.91. The molecule has 0 radical (unpaired) electrons. The summed E-state index contributed by atoms with van der Waals surface area (Å²) in [6.07, 6.45) is 1.34. The predicted octanol–water partition coefficient (Wildman–Crippen LogP) is 2.32. The van der Waals surface area contributed by atoms with Crippen LogP contribution in [0.3, 0.4) is 0 Å². The fourth-order valence-electron chi connectivity index (χ4n) is 3.36. The normalized spacial score (nSPS) is 15.1. The number of fused-ring (bicyclic) bond motifs is 3. The highest BCUT2D eigenvalue weighted by atomic mass is 32.2. The van der Waals surface area contributed by atoms with Gasteiger partial charge in [-0.15, -0.1) is 0 Å². The molecule has 7 nitrogen and oxygen atoms in total. The topological polar surface area (TPSA) is 85.9 Å². The summed E-state index contributed by atoms with van der Waals surface area (Å²) in [5, 5.41) is 17.9. The molecule has 4 rings (SSSR count). The van der Waals surface area contributed by atoms with Crippen LogP contribution in [0, 0.1) is 0 Å². The average Bonchev–Trinajstić information content (AvgIpc) is 2.72. The summed E-state index contributed by atoms with van der Waals surface area (Å²) in [5.41, 5.74) is 2.32. The fraction of sp³-hybridized carbons (Fsp3) is 0.250.